The molecule has 6 heterocycles. The van der Waals surface area contributed by atoms with Crippen molar-refractivity contribution in [3.63, 3.8) is 0 Å². The molecule has 9 N–H and O–H groups in total. The van der Waals surface area contributed by atoms with Crippen LogP contribution in [-0.2, 0) is 107 Å². The van der Waals surface area contributed by atoms with Gasteiger partial charge in [0.2, 0.25) is 23.6 Å². The number of benzene rings is 6. The van der Waals surface area contributed by atoms with Gasteiger partial charge in [-0.1, -0.05) is 97.1 Å². The van der Waals surface area contributed by atoms with Crippen molar-refractivity contribution in [1.82, 2.24) is 36.2 Å². The maximum Gasteiger partial charge on any atom is 0.569 e. The predicted octanol–water partition coefficient (Wildman–Crippen LogP) is 11.7. The van der Waals surface area contributed by atoms with E-state index in [1.54, 1.807) is 149 Å². The zero-order chi connectivity index (χ0) is 97.3. The maximum atomic E-state index is 13.8. The third kappa shape index (κ3) is 36.5. The van der Waals surface area contributed by atoms with Crippen molar-refractivity contribution in [1.29, 1.82) is 15.8 Å². The van der Waals surface area contributed by atoms with Gasteiger partial charge in [0.1, 0.15) is 52.7 Å². The Balaban J connectivity index is 0.000000273. The number of aromatic nitrogens is 3. The van der Waals surface area contributed by atoms with E-state index in [2.05, 4.69) is 60.2 Å². The first-order valence-electron chi connectivity index (χ1n) is 40.5. The van der Waals surface area contributed by atoms with Crippen LogP contribution >= 0.6 is 22.6 Å². The van der Waals surface area contributed by atoms with Crippen LogP contribution in [0.2, 0.25) is 0 Å². The molecule has 3 atom stereocenters. The predicted molar refractivity (Wildman–Crippen MR) is 475 cm³/mol. The number of alkyl halides is 9. The summed E-state index contributed by atoms with van der Waals surface area (Å²) in [5.41, 5.74) is 10.4. The minimum Gasteiger partial charge on any atom is -0.537 e. The molecule has 0 unspecified atom stereocenters. The third-order valence-corrected chi connectivity index (χ3v) is 20.7. The number of carboxylic acid groups (broad SMARTS) is 2. The number of nitrogens with zero attached hydrogens (tertiary/aromatic N) is 9. The average Bonchev–Trinajstić information content (AvgIpc) is 1.47. The van der Waals surface area contributed by atoms with E-state index in [-0.39, 0.29) is 53.9 Å². The molecule has 3 aliphatic rings. The monoisotopic (exact) mass is 1980 g/mol. The topological polar surface area (TPSA) is 469 Å². The minimum absolute atomic E-state index is 0.0388. The van der Waals surface area contributed by atoms with E-state index in [4.69, 9.17) is 60.9 Å². The SMILES string of the molecule is CN.CNC(=O)CCc1ccc(-c2cc(N3CCC[C@H]3C(=O)NCCc3ccc(C#N)cc3)nc(C(F)(F)F)c2)cc1.N#Cc1ccc(CCNC(=O)[C@@H]2CCCN2c2cc(-c3ccc(CCC(=O)O)cc3)cc(C(F)(F)F)n2)cc1.N#Cc1ccc(CCNC(=O)[C@@H]2CCCN2c2cc(I)cc(C(F)(F)F)n2)cc1.O=C(O)CCc1ccc(O[B]O)cc1.O=S(=O)=O.O=S(=O)=O. The molecule has 3 aliphatic heterocycles. The van der Waals surface area contributed by atoms with Gasteiger partial charge in [-0.2, -0.15) is 55.3 Å². The second-order valence-electron chi connectivity index (χ2n) is 29.0. The molecule has 0 bridgehead atoms. The van der Waals surface area contributed by atoms with Gasteiger partial charge in [-0.3, -0.25) is 28.8 Å². The normalized spacial score (nSPS) is 14.1. The number of amides is 4. The van der Waals surface area contributed by atoms with Gasteiger partial charge in [0.15, 0.2) is 0 Å². The molecule has 9 aromatic rings. The molecule has 3 saturated heterocycles. The molecule has 6 aromatic carbocycles. The van der Waals surface area contributed by atoms with E-state index in [1.165, 1.54) is 7.05 Å². The van der Waals surface area contributed by atoms with Gasteiger partial charge in [0, 0.05) is 69.1 Å². The van der Waals surface area contributed by atoms with Crippen molar-refractivity contribution < 1.29 is 113 Å². The van der Waals surface area contributed by atoms with Crippen LogP contribution in [0.5, 0.6) is 5.75 Å². The summed E-state index contributed by atoms with van der Waals surface area (Å²) in [5, 5.41) is 63.5. The number of aliphatic carboxylic acids is 2. The van der Waals surface area contributed by atoms with Crippen LogP contribution in [-0.4, -0.2) is 170 Å². The number of rotatable bonds is 28. The molecule has 1 radical (unpaired) electrons. The zero-order valence-electron chi connectivity index (χ0n) is 70.8. The lowest BCUT2D eigenvalue weighted by Gasteiger charge is -2.26. The number of carbonyl (C=O) groups excluding carboxylic acids is 4. The number of halogens is 10. The molecule has 43 heteroatoms. The number of hydrogen-bond donors (Lipinski definition) is 8. The van der Waals surface area contributed by atoms with Crippen LogP contribution in [0.15, 0.2) is 182 Å². The summed E-state index contributed by atoms with van der Waals surface area (Å²) in [7, 11) is -2.55. The molecular formula is C89H90BF9IN14O16S2. The summed E-state index contributed by atoms with van der Waals surface area (Å²) in [5.74, 6) is -1.68. The minimum atomic E-state index is -4.68. The van der Waals surface area contributed by atoms with Gasteiger partial charge < -0.3 is 61.6 Å². The Morgan fingerprint density at radius 2 is 0.712 bits per heavy atom. The summed E-state index contributed by atoms with van der Waals surface area (Å²) >= 11 is 1.83. The molecule has 0 saturated carbocycles. The first-order valence-corrected chi connectivity index (χ1v) is 43.5. The van der Waals surface area contributed by atoms with Crippen LogP contribution in [0.4, 0.5) is 57.0 Å². The molecule has 132 heavy (non-hydrogen) atoms. The zero-order valence-corrected chi connectivity index (χ0v) is 74.6. The van der Waals surface area contributed by atoms with Crippen molar-refractivity contribution in [3.05, 3.63) is 253 Å². The van der Waals surface area contributed by atoms with Crippen molar-refractivity contribution in [2.24, 2.45) is 5.73 Å². The van der Waals surface area contributed by atoms with Crippen molar-refractivity contribution >= 4 is 105 Å². The number of carbonyl (C=O) groups is 6. The van der Waals surface area contributed by atoms with E-state index in [0.717, 1.165) is 51.6 Å². The number of aryl methyl sites for hydroxylation is 3. The van der Waals surface area contributed by atoms with Crippen molar-refractivity contribution in [2.45, 2.75) is 133 Å². The second-order valence-corrected chi connectivity index (χ2v) is 31.0. The molecule has 0 aliphatic carbocycles. The summed E-state index contributed by atoms with van der Waals surface area (Å²) in [6, 6.07) is 54.0. The van der Waals surface area contributed by atoms with E-state index < -0.39 is 86.9 Å². The number of nitriles is 3. The maximum absolute atomic E-state index is 13.8. The molecule has 3 fully saturated rings. The Kier molecular flexibility index (Phi) is 43.6. The highest BCUT2D eigenvalue weighted by molar-refractivity contribution is 14.1. The van der Waals surface area contributed by atoms with E-state index in [0.29, 0.717) is 179 Å². The first-order chi connectivity index (χ1) is 62.8. The Labute approximate surface area is 771 Å². The highest BCUT2D eigenvalue weighted by Gasteiger charge is 2.40. The van der Waals surface area contributed by atoms with E-state index in [1.807, 2.05) is 59.0 Å². The molecule has 3 aromatic heterocycles. The number of anilines is 3. The smallest absolute Gasteiger partial charge is 0.537 e. The fraction of sp³-hybridized carbons (Fsp3) is 0.326. The lowest BCUT2D eigenvalue weighted by atomic mass is 10.0. The highest BCUT2D eigenvalue weighted by atomic mass is 127. The summed E-state index contributed by atoms with van der Waals surface area (Å²) in [6.45, 7) is 2.42. The van der Waals surface area contributed by atoms with Crippen LogP contribution in [0.3, 0.4) is 0 Å². The van der Waals surface area contributed by atoms with Crippen LogP contribution in [0.1, 0.15) is 125 Å². The van der Waals surface area contributed by atoms with Gasteiger partial charge in [0.25, 0.3) is 0 Å². The summed E-state index contributed by atoms with van der Waals surface area (Å²) < 4.78 is 178. The molecule has 12 rings (SSSR count). The van der Waals surface area contributed by atoms with Gasteiger partial charge in [-0.15, -0.1) is 25.3 Å². The number of nitrogens with two attached hydrogens (primary N) is 1. The third-order valence-electron chi connectivity index (χ3n) is 20.1. The number of hydrogen-bond acceptors (Lipinski definition) is 24. The summed E-state index contributed by atoms with van der Waals surface area (Å²) in [4.78, 5) is 87.8. The highest BCUT2D eigenvalue weighted by Crippen LogP contribution is 2.39. The molecule has 4 amide bonds. The van der Waals surface area contributed by atoms with Gasteiger partial charge in [0.05, 0.1) is 40.6 Å². The molecule has 30 nitrogen and oxygen atoms in total. The fourth-order valence-electron chi connectivity index (χ4n) is 13.7. The van der Waals surface area contributed by atoms with Gasteiger partial charge in [-0.25, -0.2) is 15.0 Å². The van der Waals surface area contributed by atoms with Crippen LogP contribution in [0.25, 0.3) is 22.3 Å². The number of nitrogens with one attached hydrogen (secondary N) is 4. The largest absolute Gasteiger partial charge is 0.569 e. The van der Waals surface area contributed by atoms with Crippen molar-refractivity contribution in [2.75, 3.05) is 68.1 Å². The van der Waals surface area contributed by atoms with Crippen molar-refractivity contribution in [3.8, 4) is 46.2 Å². The number of carboxylic acids is 2. The Morgan fingerprint density at radius 1 is 0.439 bits per heavy atom. The van der Waals surface area contributed by atoms with E-state index >= 15 is 0 Å². The Bertz CT molecular complexity index is 5700. The molecule has 0 spiro atoms. The summed E-state index contributed by atoms with van der Waals surface area (Å²) in [6.07, 6.45) is -6.84. The van der Waals surface area contributed by atoms with Crippen LogP contribution < -0.4 is 46.4 Å². The molecular weight excluding hydrogens is 1890 g/mol. The van der Waals surface area contributed by atoms with E-state index in [9.17, 15) is 68.3 Å². The van der Waals surface area contributed by atoms with Gasteiger partial charge in [-0.05, 0) is 247 Å². The Hall–Kier alpha value is -13.4. The van der Waals surface area contributed by atoms with Gasteiger partial charge >= 0.3 is 59.4 Å². The first kappa shape index (κ1) is 107. The average molecular weight is 1980 g/mol. The fourth-order valence-corrected chi connectivity index (χ4v) is 14.2. The lowest BCUT2D eigenvalue weighted by Crippen LogP contribution is -2.44. The standard InChI is InChI=1S/C30H30F3N5O2.C29H27F3N4O3.C20H18F3IN4O.C9H10BO4.CH5N.2O3S/c1-35-28(39)13-10-20-8-11-23(12-9-20)24-17-26(30(31,32)33)37-27(18-24)38-16-2-3-25(38)29(40)36-15-14-21-4-6-22(19-34)7-5-21;30-29(31,32)25-16-23(22-10-7-19(8-11-22)9-12-27(37)38)17-26(35-25)36-15-1-2-24(36)28(39)34-14-13-20-3-5-21(18-33)6-4-20;21-20(22,23)17-10-15(24)11-18(27-17)28-9-1-2-16(28)19(29)26-8-7-13-3-5-14(12-25)6-4-13;11-9(12)6-3-7-1-4-8(5-2-7)14-10-13;1-2;2*1-4(2)3/h4-9,11-12,17-18,25H,2-3,10,13-16H2,1H3,(H,35,39)(H,36,40);3-8,10-11,16-17,24H,1-2,9,12-15H2,(H,34,39)(H,37,38);3-6,10-11,16H,1-2,7-9H2,(H,26,29);1-2,4-5,13H,3,6H2,(H,11,12);2H2,1H3;;/t25-;24-;16-;;;;/m000..../s1. The Morgan fingerprint density at radius 3 is 0.992 bits per heavy atom. The quantitative estimate of drug-likeness (QED) is 0.0128. The lowest BCUT2D eigenvalue weighted by molar-refractivity contribution is -0.141. The van der Waals surface area contributed by atoms with Crippen LogP contribution in [0, 0.1) is 37.6 Å². The second kappa shape index (κ2) is 53.7. The number of pyridine rings is 3. The molecule has 697 valence electrons.